The van der Waals surface area contributed by atoms with E-state index in [1.165, 1.54) is 30.3 Å². The standard InChI is InChI=1S/C16H23N3O4.C14H20N4O3.C14H19N3O4.Na/c1-4-12-11-17(3)8-9-18(12)13-6-7-15(19(21)22)14(10-13)16(20)23-5-2;1-3-10-9-16(2)6-7-17(10)11-4-5-13(18(20)21)12(8-11)14(15)19;1-3-10-9-15(2)6-7-16(10)11-4-5-13(17(20)21)12(8-11)14(18)19;/h6-7,10,12H,4-5,8-9,11H2,1-3H3;4-5,8,10H,3,6-7,9H2,1-2H3,(H2,15,19);4-5,8,10H,3,6-7,9H2,1-2H3,(H,18,19);/q;;;+1/p-1/t12-;2*10-;/m000./s1. The number of aromatic carboxylic acids is 1. The maximum Gasteiger partial charge on any atom is 1.00 e. The minimum atomic E-state index is -1.52. The molecule has 3 aromatic carbocycles. The summed E-state index contributed by atoms with van der Waals surface area (Å²) in [7, 11) is 6.20. The van der Waals surface area contributed by atoms with E-state index in [2.05, 4.69) is 64.3 Å². The number of primary amides is 1. The molecule has 0 aromatic heterocycles. The van der Waals surface area contributed by atoms with Crippen LogP contribution in [0.5, 0.6) is 0 Å². The average molecular weight is 929 g/mol. The fraction of sp³-hybridized carbons (Fsp3) is 0.523. The maximum atomic E-state index is 12.1. The number of carbonyl (C=O) groups is 3. The van der Waals surface area contributed by atoms with Gasteiger partial charge < -0.3 is 49.8 Å². The number of nitrogens with zero attached hydrogens (tertiary/aromatic N) is 9. The van der Waals surface area contributed by atoms with Gasteiger partial charge in [-0.2, -0.15) is 0 Å². The van der Waals surface area contributed by atoms with Crippen molar-refractivity contribution in [3.05, 3.63) is 102 Å². The number of rotatable bonds is 13. The van der Waals surface area contributed by atoms with Gasteiger partial charge in [-0.25, -0.2) is 4.79 Å². The molecule has 0 unspecified atom stereocenters. The van der Waals surface area contributed by atoms with E-state index >= 15 is 0 Å². The number of benzene rings is 3. The van der Waals surface area contributed by atoms with Crippen LogP contribution in [0.2, 0.25) is 0 Å². The third-order valence-electron chi connectivity index (χ3n) is 12.0. The molecule has 354 valence electrons. The molecule has 1 amide bonds. The van der Waals surface area contributed by atoms with Crippen LogP contribution >= 0.6 is 0 Å². The van der Waals surface area contributed by atoms with Gasteiger partial charge in [-0.05, 0) is 83.7 Å². The smallest absolute Gasteiger partial charge is 0.545 e. The maximum absolute atomic E-state index is 12.1. The Morgan fingerprint density at radius 3 is 1.20 bits per heavy atom. The number of carbonyl (C=O) groups excluding carboxylic acids is 3. The summed E-state index contributed by atoms with van der Waals surface area (Å²) in [5, 5.41) is 44.1. The van der Waals surface area contributed by atoms with Gasteiger partial charge in [-0.1, -0.05) is 20.8 Å². The summed E-state index contributed by atoms with van der Waals surface area (Å²) in [4.78, 5) is 79.0. The van der Waals surface area contributed by atoms with Crippen LogP contribution in [0.25, 0.3) is 0 Å². The number of esters is 1. The summed E-state index contributed by atoms with van der Waals surface area (Å²) in [5.74, 6) is -2.94. The van der Waals surface area contributed by atoms with Crippen LogP contribution in [0.4, 0.5) is 34.1 Å². The Kier molecular flexibility index (Phi) is 21.2. The third-order valence-corrected chi connectivity index (χ3v) is 12.0. The zero-order valence-electron chi connectivity index (χ0n) is 39.2. The van der Waals surface area contributed by atoms with Gasteiger partial charge in [0.15, 0.2) is 0 Å². The fourth-order valence-corrected chi connectivity index (χ4v) is 8.42. The van der Waals surface area contributed by atoms with E-state index in [0.717, 1.165) is 89.5 Å². The number of anilines is 3. The summed E-state index contributed by atoms with van der Waals surface area (Å²) < 4.78 is 4.96. The van der Waals surface area contributed by atoms with Crippen molar-refractivity contribution in [3.8, 4) is 0 Å². The van der Waals surface area contributed by atoms with Crippen molar-refractivity contribution in [1.29, 1.82) is 0 Å². The number of carboxylic acid groups (broad SMARTS) is 1. The summed E-state index contributed by atoms with van der Waals surface area (Å²) >= 11 is 0. The van der Waals surface area contributed by atoms with Crippen LogP contribution in [0, 0.1) is 30.3 Å². The van der Waals surface area contributed by atoms with E-state index in [9.17, 15) is 49.8 Å². The molecular weight excluding hydrogens is 868 g/mol. The zero-order valence-corrected chi connectivity index (χ0v) is 41.2. The molecule has 0 aliphatic carbocycles. The van der Waals surface area contributed by atoms with Gasteiger partial charge in [-0.15, -0.1) is 0 Å². The zero-order chi connectivity index (χ0) is 48.1. The van der Waals surface area contributed by atoms with Crippen LogP contribution in [0.3, 0.4) is 0 Å². The van der Waals surface area contributed by atoms with Crippen LogP contribution in [-0.4, -0.2) is 152 Å². The first-order valence-corrected chi connectivity index (χ1v) is 21.7. The summed E-state index contributed by atoms with van der Waals surface area (Å²) in [5.41, 5.74) is 6.34. The number of ether oxygens (including phenoxy) is 1. The predicted octanol–water partition coefficient (Wildman–Crippen LogP) is 1.02. The topological polar surface area (TPSA) is 258 Å². The molecule has 0 saturated carbocycles. The van der Waals surface area contributed by atoms with Gasteiger partial charge in [0, 0.05) is 112 Å². The van der Waals surface area contributed by atoms with E-state index in [1.807, 2.05) is 7.05 Å². The van der Waals surface area contributed by atoms with Gasteiger partial charge in [0.2, 0.25) is 0 Å². The molecule has 3 atom stereocenters. The Bertz CT molecular complexity index is 2100. The van der Waals surface area contributed by atoms with Crippen LogP contribution in [0.1, 0.15) is 78.0 Å². The fourth-order valence-electron chi connectivity index (χ4n) is 8.42. The molecule has 3 aliphatic rings. The minimum absolute atomic E-state index is 0. The first kappa shape index (κ1) is 54.9. The SMILES string of the molecule is CCOC(=O)c1cc(N2CCN(C)C[C@@H]2CC)ccc1[N+](=O)[O-].CC[C@H]1CN(C)CCN1c1ccc([N+](=O)[O-])c(C(=O)[O-])c1.CC[C@H]1CN(C)CCN1c1ccc([N+](=O)[O-])c(C(N)=O)c1.[Na+]. The number of hydrogen-bond donors (Lipinski definition) is 1. The molecule has 21 nitrogen and oxygen atoms in total. The molecule has 2 N–H and O–H groups in total. The van der Waals surface area contributed by atoms with Gasteiger partial charge >= 0.3 is 35.5 Å². The second-order valence-electron chi connectivity index (χ2n) is 16.3. The number of carboxylic acids is 1. The van der Waals surface area contributed by atoms with Crippen molar-refractivity contribution in [2.45, 2.75) is 65.1 Å². The predicted molar refractivity (Wildman–Crippen MR) is 245 cm³/mol. The Morgan fingerprint density at radius 2 is 0.894 bits per heavy atom. The molecule has 3 heterocycles. The summed E-state index contributed by atoms with van der Waals surface area (Å²) in [6.45, 7) is 16.0. The number of likely N-dealkylation sites (N-methyl/N-ethyl adjacent to an activating group) is 3. The summed E-state index contributed by atoms with van der Waals surface area (Å²) in [6.07, 6.45) is 2.85. The average Bonchev–Trinajstić information content (AvgIpc) is 3.28. The molecular formula is C44H61N10NaO11. The molecule has 22 heteroatoms. The van der Waals surface area contributed by atoms with E-state index in [1.54, 1.807) is 31.2 Å². The normalized spacial score (nSPS) is 19.0. The van der Waals surface area contributed by atoms with Crippen molar-refractivity contribution < 1.29 is 68.6 Å². The third kappa shape index (κ3) is 14.0. The molecule has 3 fully saturated rings. The van der Waals surface area contributed by atoms with Crippen molar-refractivity contribution in [1.82, 2.24) is 14.7 Å². The minimum Gasteiger partial charge on any atom is -0.545 e. The largest absolute Gasteiger partial charge is 1.00 e. The van der Waals surface area contributed by atoms with Crippen molar-refractivity contribution in [2.24, 2.45) is 5.73 Å². The summed E-state index contributed by atoms with van der Waals surface area (Å²) in [6, 6.07) is 14.4. The van der Waals surface area contributed by atoms with E-state index in [4.69, 9.17) is 10.5 Å². The van der Waals surface area contributed by atoms with Gasteiger partial charge in [0.1, 0.15) is 11.1 Å². The van der Waals surface area contributed by atoms with Crippen LogP contribution < -0.4 is 55.1 Å². The van der Waals surface area contributed by atoms with Crippen LogP contribution in [0.15, 0.2) is 54.6 Å². The number of amides is 1. The molecule has 0 spiro atoms. The van der Waals surface area contributed by atoms with E-state index in [-0.39, 0.29) is 70.3 Å². The van der Waals surface area contributed by atoms with Gasteiger partial charge in [0.25, 0.3) is 23.0 Å². The number of nitro groups is 3. The molecule has 3 aliphatic heterocycles. The first-order valence-electron chi connectivity index (χ1n) is 21.7. The van der Waals surface area contributed by atoms with Gasteiger partial charge in [-0.3, -0.25) is 35.1 Å². The molecule has 66 heavy (non-hydrogen) atoms. The van der Waals surface area contributed by atoms with E-state index in [0.29, 0.717) is 17.8 Å². The Morgan fingerprint density at radius 1 is 0.576 bits per heavy atom. The van der Waals surface area contributed by atoms with Crippen LogP contribution in [-0.2, 0) is 4.74 Å². The Balaban J connectivity index is 0.000000261. The number of piperazine rings is 3. The molecule has 0 bridgehead atoms. The first-order chi connectivity index (χ1) is 30.8. The van der Waals surface area contributed by atoms with Crippen molar-refractivity contribution >= 4 is 52.0 Å². The second kappa shape index (κ2) is 25.5. The second-order valence-corrected chi connectivity index (χ2v) is 16.3. The molecule has 0 radical (unpaired) electrons. The quantitative estimate of drug-likeness (QED) is 0.109. The monoisotopic (exact) mass is 928 g/mol. The number of nitro benzene ring substituents is 3. The van der Waals surface area contributed by atoms with E-state index < -0.39 is 38.3 Å². The Hall–Kier alpha value is -5.45. The van der Waals surface area contributed by atoms with Crippen molar-refractivity contribution in [2.75, 3.05) is 101 Å². The molecule has 3 saturated heterocycles. The number of hydrogen-bond acceptors (Lipinski definition) is 17. The van der Waals surface area contributed by atoms with Gasteiger partial charge in [0.05, 0.1) is 32.9 Å². The molecule has 6 rings (SSSR count). The Labute approximate surface area is 407 Å². The molecule has 3 aromatic rings. The number of nitrogens with two attached hydrogens (primary N) is 1. The van der Waals surface area contributed by atoms with Crippen molar-refractivity contribution in [3.63, 3.8) is 0 Å².